The van der Waals surface area contributed by atoms with Crippen LogP contribution < -0.4 is 15.8 Å². The lowest BCUT2D eigenvalue weighted by molar-refractivity contribution is -0.0566. The van der Waals surface area contributed by atoms with Crippen LogP contribution >= 0.6 is 0 Å². The molecule has 6 rings (SSSR count). The Morgan fingerprint density at radius 3 is 2.59 bits per heavy atom. The summed E-state index contributed by atoms with van der Waals surface area (Å²) in [6, 6.07) is 2.29. The molecular formula is C28H32F4N8O4. The number of likely N-dealkylation sites (tertiary alicyclic amines) is 2. The molecule has 3 N–H and O–H groups in total. The maximum atomic E-state index is 14.9. The lowest BCUT2D eigenvalue weighted by Crippen LogP contribution is -2.43. The first-order valence-electron chi connectivity index (χ1n) is 14.3. The van der Waals surface area contributed by atoms with E-state index in [-0.39, 0.29) is 69.1 Å². The fraction of sp³-hybridized carbons (Fsp3) is 0.536. The second-order valence-corrected chi connectivity index (χ2v) is 11.4. The van der Waals surface area contributed by atoms with E-state index in [9.17, 15) is 27.2 Å². The van der Waals surface area contributed by atoms with Crippen LogP contribution in [-0.2, 0) is 11.3 Å². The zero-order valence-corrected chi connectivity index (χ0v) is 23.9. The minimum atomic E-state index is -2.68. The first kappa shape index (κ1) is 29.8. The fourth-order valence-corrected chi connectivity index (χ4v) is 5.78. The van der Waals surface area contributed by atoms with Crippen molar-refractivity contribution in [1.29, 1.82) is 0 Å². The SMILES string of the molecule is COc1ncc(-c2cc(CN3CCC(F)(F)CC3)c3c(N)ncnn23)cc1C(=O)N[C@@H]1CN(C(=O)OC2CC(F)C2)C[C@@H]1F. The van der Waals surface area contributed by atoms with Gasteiger partial charge < -0.3 is 25.4 Å². The molecule has 2 atom stereocenters. The van der Waals surface area contributed by atoms with Gasteiger partial charge in [-0.2, -0.15) is 5.10 Å². The van der Waals surface area contributed by atoms with Gasteiger partial charge in [0.2, 0.25) is 5.88 Å². The highest BCUT2D eigenvalue weighted by molar-refractivity contribution is 5.98. The van der Waals surface area contributed by atoms with Crippen molar-refractivity contribution in [2.24, 2.45) is 0 Å². The number of methoxy groups -OCH3 is 1. The fourth-order valence-electron chi connectivity index (χ4n) is 5.78. The van der Waals surface area contributed by atoms with E-state index in [1.807, 2.05) is 4.90 Å². The zero-order valence-electron chi connectivity index (χ0n) is 23.9. The Balaban J connectivity index is 1.22. The van der Waals surface area contributed by atoms with Crippen LogP contribution in [0.3, 0.4) is 0 Å². The molecule has 44 heavy (non-hydrogen) atoms. The van der Waals surface area contributed by atoms with Crippen molar-refractivity contribution in [1.82, 2.24) is 34.7 Å². The van der Waals surface area contributed by atoms with Gasteiger partial charge in [-0.15, -0.1) is 0 Å². The molecule has 0 bridgehead atoms. The second kappa shape index (κ2) is 11.7. The number of alkyl halides is 4. The number of nitrogen functional groups attached to an aromatic ring is 1. The van der Waals surface area contributed by atoms with Gasteiger partial charge in [0.15, 0.2) is 5.82 Å². The van der Waals surface area contributed by atoms with Gasteiger partial charge in [0.05, 0.1) is 25.4 Å². The summed E-state index contributed by atoms with van der Waals surface area (Å²) in [6.45, 7) is 0.359. The van der Waals surface area contributed by atoms with Crippen molar-refractivity contribution in [2.45, 2.75) is 62.6 Å². The number of ether oxygens (including phenoxy) is 2. The van der Waals surface area contributed by atoms with Crippen LogP contribution in [0.25, 0.3) is 16.8 Å². The van der Waals surface area contributed by atoms with Gasteiger partial charge in [-0.05, 0) is 17.7 Å². The van der Waals surface area contributed by atoms with Crippen molar-refractivity contribution in [2.75, 3.05) is 39.0 Å². The number of halogens is 4. The molecule has 3 aromatic rings. The summed E-state index contributed by atoms with van der Waals surface area (Å²) in [4.78, 5) is 37.2. The predicted molar refractivity (Wildman–Crippen MR) is 149 cm³/mol. The number of hydrogen-bond acceptors (Lipinski definition) is 9. The van der Waals surface area contributed by atoms with Gasteiger partial charge in [-0.3, -0.25) is 9.69 Å². The Hall–Kier alpha value is -4.21. The molecule has 236 valence electrons. The van der Waals surface area contributed by atoms with E-state index in [0.717, 1.165) is 4.90 Å². The monoisotopic (exact) mass is 620 g/mol. The standard InChI is InChI=1S/C28H32F4N8O4/c1-43-26-19(25(41)37-21-13-39(12-20(21)30)27(42)44-18-8-17(29)9-18)6-15(10-34-26)22-7-16(23-24(33)35-14-36-40(22)23)11-38-4-2-28(31,32)3-5-38/h6-7,10,14,17-18,20-21H,2-5,8-9,11-13H2,1H3,(H,37,41)(H2,33,35,36)/t17?,18?,20-,21+/m0/s1. The highest BCUT2D eigenvalue weighted by Crippen LogP contribution is 2.33. The normalized spacial score (nSPS) is 25.1. The number of pyridine rings is 1. The van der Waals surface area contributed by atoms with E-state index in [1.54, 1.807) is 10.6 Å². The van der Waals surface area contributed by atoms with Crippen molar-refractivity contribution in [3.63, 3.8) is 0 Å². The average molecular weight is 621 g/mol. The van der Waals surface area contributed by atoms with Gasteiger partial charge >= 0.3 is 6.09 Å². The van der Waals surface area contributed by atoms with E-state index >= 15 is 0 Å². The number of fused-ring (bicyclic) bond motifs is 1. The maximum absolute atomic E-state index is 14.9. The van der Waals surface area contributed by atoms with Gasteiger partial charge in [0.1, 0.15) is 35.9 Å². The number of piperidine rings is 1. The number of anilines is 1. The number of carbonyl (C=O) groups is 2. The van der Waals surface area contributed by atoms with Crippen LogP contribution in [0.1, 0.15) is 41.6 Å². The minimum Gasteiger partial charge on any atom is -0.480 e. The highest BCUT2D eigenvalue weighted by Gasteiger charge is 2.40. The molecule has 3 aromatic heterocycles. The molecule has 3 fully saturated rings. The molecule has 1 saturated carbocycles. The van der Waals surface area contributed by atoms with Crippen molar-refractivity contribution >= 4 is 23.3 Å². The van der Waals surface area contributed by atoms with Crippen LogP contribution in [0.5, 0.6) is 5.88 Å². The van der Waals surface area contributed by atoms with E-state index in [1.165, 1.54) is 25.7 Å². The molecule has 0 aromatic carbocycles. The second-order valence-electron chi connectivity index (χ2n) is 11.4. The number of aromatic nitrogens is 4. The topological polar surface area (TPSA) is 140 Å². The Labute approximate surface area is 249 Å². The molecule has 1 aliphatic carbocycles. The lowest BCUT2D eigenvalue weighted by Gasteiger charge is -2.31. The molecule has 2 amide bonds. The van der Waals surface area contributed by atoms with Crippen LogP contribution in [0, 0.1) is 0 Å². The summed E-state index contributed by atoms with van der Waals surface area (Å²) in [5.74, 6) is -3.17. The van der Waals surface area contributed by atoms with Gasteiger partial charge in [-0.1, -0.05) is 0 Å². The molecule has 0 radical (unpaired) electrons. The van der Waals surface area contributed by atoms with E-state index in [4.69, 9.17) is 15.2 Å². The smallest absolute Gasteiger partial charge is 0.410 e. The summed E-state index contributed by atoms with van der Waals surface area (Å²) >= 11 is 0. The number of carbonyl (C=O) groups excluding carboxylic acids is 2. The largest absolute Gasteiger partial charge is 0.480 e. The average Bonchev–Trinajstić information content (AvgIpc) is 3.53. The number of amides is 2. The van der Waals surface area contributed by atoms with E-state index in [0.29, 0.717) is 28.9 Å². The van der Waals surface area contributed by atoms with Crippen molar-refractivity contribution in [3.05, 3.63) is 35.8 Å². The number of rotatable bonds is 7. The first-order valence-corrected chi connectivity index (χ1v) is 14.3. The summed E-state index contributed by atoms with van der Waals surface area (Å²) in [7, 11) is 1.34. The van der Waals surface area contributed by atoms with Crippen molar-refractivity contribution < 1.29 is 36.6 Å². The van der Waals surface area contributed by atoms with Crippen LogP contribution in [0.4, 0.5) is 28.2 Å². The van der Waals surface area contributed by atoms with Crippen LogP contribution in [0.15, 0.2) is 24.7 Å². The zero-order chi connectivity index (χ0) is 31.2. The van der Waals surface area contributed by atoms with Crippen molar-refractivity contribution in [3.8, 4) is 17.1 Å². The van der Waals surface area contributed by atoms with E-state index < -0.39 is 42.4 Å². The van der Waals surface area contributed by atoms with Gasteiger partial charge in [0, 0.05) is 63.6 Å². The molecule has 2 aliphatic heterocycles. The lowest BCUT2D eigenvalue weighted by atomic mass is 9.94. The Bertz CT molecular complexity index is 1560. The molecule has 2 saturated heterocycles. The van der Waals surface area contributed by atoms with Gasteiger partial charge in [0.25, 0.3) is 11.8 Å². The molecule has 0 unspecified atom stereocenters. The molecule has 5 heterocycles. The van der Waals surface area contributed by atoms with Gasteiger partial charge in [-0.25, -0.2) is 36.8 Å². The summed E-state index contributed by atoms with van der Waals surface area (Å²) in [6.07, 6.45) is -1.32. The quantitative estimate of drug-likeness (QED) is 0.382. The Morgan fingerprint density at radius 2 is 1.89 bits per heavy atom. The number of nitrogens with two attached hydrogens (primary N) is 1. The third-order valence-electron chi connectivity index (χ3n) is 8.36. The summed E-state index contributed by atoms with van der Waals surface area (Å²) in [5, 5.41) is 6.95. The Morgan fingerprint density at radius 1 is 1.14 bits per heavy atom. The molecule has 16 heteroatoms. The highest BCUT2D eigenvalue weighted by atomic mass is 19.3. The first-order chi connectivity index (χ1) is 21.0. The maximum Gasteiger partial charge on any atom is 0.410 e. The minimum absolute atomic E-state index is 0.00819. The molecular weight excluding hydrogens is 588 g/mol. The van der Waals surface area contributed by atoms with Crippen LogP contribution in [0.2, 0.25) is 0 Å². The van der Waals surface area contributed by atoms with Crippen LogP contribution in [-0.4, -0.2) is 105 Å². The number of nitrogens with zero attached hydrogens (tertiary/aromatic N) is 6. The molecule has 0 spiro atoms. The summed E-state index contributed by atoms with van der Waals surface area (Å²) < 4.78 is 67.5. The molecule has 12 nitrogen and oxygen atoms in total. The third-order valence-corrected chi connectivity index (χ3v) is 8.36. The predicted octanol–water partition coefficient (Wildman–Crippen LogP) is 3.00. The Kier molecular flexibility index (Phi) is 7.94. The number of hydrogen-bond donors (Lipinski definition) is 2. The number of nitrogens with one attached hydrogen (secondary N) is 1. The third kappa shape index (κ3) is 5.94. The molecule has 3 aliphatic rings. The van der Waals surface area contributed by atoms with E-state index in [2.05, 4.69) is 20.4 Å². The summed E-state index contributed by atoms with van der Waals surface area (Å²) in [5.41, 5.74) is 8.41.